The van der Waals surface area contributed by atoms with E-state index in [2.05, 4.69) is 4.98 Å². The first-order valence-electron chi connectivity index (χ1n) is 11.6. The van der Waals surface area contributed by atoms with Gasteiger partial charge in [-0.25, -0.2) is 0 Å². The summed E-state index contributed by atoms with van der Waals surface area (Å²) in [4.78, 5) is 46.6. The fourth-order valence-electron chi connectivity index (χ4n) is 4.28. The number of amides is 3. The number of hydrogen-bond donors (Lipinski definition) is 1. The van der Waals surface area contributed by atoms with Crippen molar-refractivity contribution in [3.05, 3.63) is 125 Å². The highest BCUT2D eigenvalue weighted by Gasteiger charge is 2.36. The Balaban J connectivity index is 1.43. The van der Waals surface area contributed by atoms with E-state index in [1.54, 1.807) is 42.6 Å². The third kappa shape index (κ3) is 4.46. The highest BCUT2D eigenvalue weighted by atomic mass is 16.3. The third-order valence-corrected chi connectivity index (χ3v) is 6.15. The standard InChI is InChI=1S/C29H23N3O4/c33-26-12-5-4-11-25(26)32(19-22-10-6-7-16-30-22)27(34)21-13-14-23-24(18-21)29(36)31(28(23)35)17-15-20-8-2-1-3-9-20/h1-14,16,18,33H,15,17,19H2. The minimum Gasteiger partial charge on any atom is -0.506 e. The molecule has 0 atom stereocenters. The molecule has 178 valence electrons. The fraction of sp³-hybridized carbons (Fsp3) is 0.103. The van der Waals surface area contributed by atoms with Crippen LogP contribution in [0.15, 0.2) is 97.2 Å². The summed E-state index contributed by atoms with van der Waals surface area (Å²) in [6, 6.07) is 26.1. The molecule has 1 aliphatic rings. The number of pyridine rings is 1. The Labute approximate surface area is 208 Å². The van der Waals surface area contributed by atoms with Gasteiger partial charge in [-0.2, -0.15) is 0 Å². The molecule has 36 heavy (non-hydrogen) atoms. The molecule has 0 unspecified atom stereocenters. The van der Waals surface area contributed by atoms with E-state index >= 15 is 0 Å². The molecule has 1 aliphatic heterocycles. The van der Waals surface area contributed by atoms with Gasteiger partial charge in [-0.3, -0.25) is 29.2 Å². The number of imide groups is 1. The van der Waals surface area contributed by atoms with Crippen LogP contribution in [-0.4, -0.2) is 39.3 Å². The van der Waals surface area contributed by atoms with E-state index in [1.165, 1.54) is 28.0 Å². The van der Waals surface area contributed by atoms with Crippen molar-refractivity contribution >= 4 is 23.4 Å². The highest BCUT2D eigenvalue weighted by Crippen LogP contribution is 2.31. The molecule has 4 aromatic rings. The number of phenolic OH excluding ortho intramolecular Hbond substituents is 1. The first-order chi connectivity index (χ1) is 17.5. The van der Waals surface area contributed by atoms with Crippen molar-refractivity contribution in [2.24, 2.45) is 0 Å². The molecular formula is C29H23N3O4. The van der Waals surface area contributed by atoms with Crippen LogP contribution in [0.4, 0.5) is 5.69 Å². The number of aromatic nitrogens is 1. The third-order valence-electron chi connectivity index (χ3n) is 6.15. The Morgan fingerprint density at radius 3 is 2.31 bits per heavy atom. The van der Waals surface area contributed by atoms with Gasteiger partial charge in [0.15, 0.2) is 0 Å². The summed E-state index contributed by atoms with van der Waals surface area (Å²) in [7, 11) is 0. The maximum Gasteiger partial charge on any atom is 0.261 e. The van der Waals surface area contributed by atoms with Crippen molar-refractivity contribution in [3.8, 4) is 5.75 Å². The number of phenols is 1. The number of anilines is 1. The van der Waals surface area contributed by atoms with E-state index in [1.807, 2.05) is 36.4 Å². The van der Waals surface area contributed by atoms with Crippen LogP contribution in [0, 0.1) is 0 Å². The van der Waals surface area contributed by atoms with Crippen molar-refractivity contribution in [3.63, 3.8) is 0 Å². The normalized spacial score (nSPS) is 12.5. The average molecular weight is 478 g/mol. The van der Waals surface area contributed by atoms with Gasteiger partial charge in [0.1, 0.15) is 5.75 Å². The van der Waals surface area contributed by atoms with E-state index in [-0.39, 0.29) is 41.4 Å². The molecule has 1 N–H and O–H groups in total. The number of para-hydroxylation sites is 2. The van der Waals surface area contributed by atoms with Crippen LogP contribution in [0.5, 0.6) is 5.75 Å². The molecule has 0 fully saturated rings. The Bertz CT molecular complexity index is 1440. The van der Waals surface area contributed by atoms with Gasteiger partial charge >= 0.3 is 0 Å². The summed E-state index contributed by atoms with van der Waals surface area (Å²) >= 11 is 0. The number of aromatic hydroxyl groups is 1. The van der Waals surface area contributed by atoms with Crippen LogP contribution in [0.1, 0.15) is 42.3 Å². The van der Waals surface area contributed by atoms with Crippen molar-refractivity contribution in [1.29, 1.82) is 0 Å². The Morgan fingerprint density at radius 2 is 1.56 bits per heavy atom. The number of nitrogens with zero attached hydrogens (tertiary/aromatic N) is 3. The summed E-state index contributed by atoms with van der Waals surface area (Å²) in [6.07, 6.45) is 2.18. The molecule has 0 saturated heterocycles. The Morgan fingerprint density at radius 1 is 0.833 bits per heavy atom. The van der Waals surface area contributed by atoms with Gasteiger partial charge in [-0.15, -0.1) is 0 Å². The molecule has 3 amide bonds. The lowest BCUT2D eigenvalue weighted by molar-refractivity contribution is 0.0656. The molecule has 7 heteroatoms. The van der Waals surface area contributed by atoms with E-state index in [0.717, 1.165) is 5.56 Å². The molecule has 0 saturated carbocycles. The molecule has 3 aromatic carbocycles. The lowest BCUT2D eigenvalue weighted by Crippen LogP contribution is -2.32. The average Bonchev–Trinajstić information content (AvgIpc) is 3.16. The molecule has 0 radical (unpaired) electrons. The predicted octanol–water partition coefficient (Wildman–Crippen LogP) is 4.47. The topological polar surface area (TPSA) is 90.8 Å². The maximum atomic E-state index is 13.7. The zero-order chi connectivity index (χ0) is 25.1. The number of fused-ring (bicyclic) bond motifs is 1. The zero-order valence-corrected chi connectivity index (χ0v) is 19.4. The lowest BCUT2D eigenvalue weighted by atomic mass is 10.0. The number of carbonyl (C=O) groups excluding carboxylic acids is 3. The van der Waals surface area contributed by atoms with Crippen LogP contribution in [0.25, 0.3) is 0 Å². The highest BCUT2D eigenvalue weighted by molar-refractivity contribution is 6.22. The van der Waals surface area contributed by atoms with Crippen molar-refractivity contribution < 1.29 is 19.5 Å². The minimum atomic E-state index is -0.423. The van der Waals surface area contributed by atoms with Crippen LogP contribution in [0.3, 0.4) is 0 Å². The van der Waals surface area contributed by atoms with Crippen LogP contribution in [0.2, 0.25) is 0 Å². The van der Waals surface area contributed by atoms with Crippen LogP contribution < -0.4 is 4.90 Å². The van der Waals surface area contributed by atoms with Crippen LogP contribution >= 0.6 is 0 Å². The van der Waals surface area contributed by atoms with Crippen LogP contribution in [-0.2, 0) is 13.0 Å². The molecule has 7 nitrogen and oxygen atoms in total. The van der Waals surface area contributed by atoms with Crippen molar-refractivity contribution in [1.82, 2.24) is 9.88 Å². The molecule has 5 rings (SSSR count). The summed E-state index contributed by atoms with van der Waals surface area (Å²) in [5.41, 5.74) is 2.70. The number of rotatable bonds is 7. The zero-order valence-electron chi connectivity index (χ0n) is 19.4. The Kier molecular flexibility index (Phi) is 6.28. The first-order valence-corrected chi connectivity index (χ1v) is 11.6. The largest absolute Gasteiger partial charge is 0.506 e. The maximum absolute atomic E-state index is 13.7. The summed E-state index contributed by atoms with van der Waals surface area (Å²) in [5.74, 6) is -1.26. The van der Waals surface area contributed by atoms with E-state index in [9.17, 15) is 19.5 Å². The molecule has 2 heterocycles. The second-order valence-electron chi connectivity index (χ2n) is 8.46. The predicted molar refractivity (Wildman–Crippen MR) is 135 cm³/mol. The van der Waals surface area contributed by atoms with Crippen molar-refractivity contribution in [2.75, 3.05) is 11.4 Å². The summed E-state index contributed by atoms with van der Waals surface area (Å²) < 4.78 is 0. The first kappa shape index (κ1) is 23.0. The van der Waals surface area contributed by atoms with E-state index in [4.69, 9.17) is 0 Å². The molecule has 0 aliphatic carbocycles. The second-order valence-corrected chi connectivity index (χ2v) is 8.46. The van der Waals surface area contributed by atoms with Gasteiger partial charge in [-0.1, -0.05) is 48.5 Å². The summed E-state index contributed by atoms with van der Waals surface area (Å²) in [6.45, 7) is 0.369. The fourth-order valence-corrected chi connectivity index (χ4v) is 4.28. The number of hydrogen-bond acceptors (Lipinski definition) is 5. The monoisotopic (exact) mass is 477 g/mol. The van der Waals surface area contributed by atoms with E-state index in [0.29, 0.717) is 17.8 Å². The second kappa shape index (κ2) is 9.84. The van der Waals surface area contributed by atoms with Crippen molar-refractivity contribution in [2.45, 2.75) is 13.0 Å². The van der Waals surface area contributed by atoms with Gasteiger partial charge in [0.25, 0.3) is 17.7 Å². The SMILES string of the molecule is O=C1c2ccc(C(=O)N(Cc3ccccn3)c3ccccc3O)cc2C(=O)N1CCc1ccccc1. The minimum absolute atomic E-state index is 0.0544. The number of carbonyl (C=O) groups is 3. The smallest absolute Gasteiger partial charge is 0.261 e. The van der Waals surface area contributed by atoms with Gasteiger partial charge in [0, 0.05) is 18.3 Å². The quantitative estimate of drug-likeness (QED) is 0.397. The van der Waals surface area contributed by atoms with E-state index < -0.39 is 11.8 Å². The van der Waals surface area contributed by atoms with Gasteiger partial charge in [0.05, 0.1) is 29.1 Å². The van der Waals surface area contributed by atoms with Gasteiger partial charge < -0.3 is 5.11 Å². The van der Waals surface area contributed by atoms with Gasteiger partial charge in [-0.05, 0) is 54.4 Å². The molecule has 0 bridgehead atoms. The van der Waals surface area contributed by atoms with Gasteiger partial charge in [0.2, 0.25) is 0 Å². The lowest BCUT2D eigenvalue weighted by Gasteiger charge is -2.23. The Hall–Kier alpha value is -4.78. The summed E-state index contributed by atoms with van der Waals surface area (Å²) in [5, 5.41) is 10.5. The molecule has 0 spiro atoms. The molecular weight excluding hydrogens is 454 g/mol. The molecule has 1 aromatic heterocycles. The number of benzene rings is 3.